The molecule has 74 valence electrons. The molecule has 1 aliphatic rings. The zero-order chi connectivity index (χ0) is 9.68. The van der Waals surface area contributed by atoms with E-state index < -0.39 is 0 Å². The predicted molar refractivity (Wildman–Crippen MR) is 49.4 cm³/mol. The molecule has 1 saturated heterocycles. The quantitative estimate of drug-likeness (QED) is 0.494. The van der Waals surface area contributed by atoms with E-state index in [1.165, 1.54) is 6.08 Å². The van der Waals surface area contributed by atoms with Crippen LogP contribution in [0.2, 0.25) is 0 Å². The SMILES string of the molecule is CCOC(=O)/C=C(/C)[C@@H]1CCCO1. The van der Waals surface area contributed by atoms with Gasteiger partial charge in [-0.2, -0.15) is 0 Å². The van der Waals surface area contributed by atoms with Crippen molar-refractivity contribution in [2.45, 2.75) is 32.8 Å². The Morgan fingerprint density at radius 1 is 1.69 bits per heavy atom. The van der Waals surface area contributed by atoms with Crippen LogP contribution in [0.25, 0.3) is 0 Å². The first-order valence-electron chi connectivity index (χ1n) is 4.70. The first-order chi connectivity index (χ1) is 6.24. The molecule has 0 amide bonds. The summed E-state index contributed by atoms with van der Waals surface area (Å²) in [4.78, 5) is 11.1. The van der Waals surface area contributed by atoms with Crippen LogP contribution < -0.4 is 0 Å². The predicted octanol–water partition coefficient (Wildman–Crippen LogP) is 1.67. The Morgan fingerprint density at radius 3 is 3.00 bits per heavy atom. The number of ether oxygens (including phenoxy) is 2. The maximum absolute atomic E-state index is 11.1. The van der Waals surface area contributed by atoms with E-state index in [9.17, 15) is 4.79 Å². The van der Waals surface area contributed by atoms with Crippen molar-refractivity contribution in [3.8, 4) is 0 Å². The molecular weight excluding hydrogens is 168 g/mol. The first-order valence-corrected chi connectivity index (χ1v) is 4.70. The fourth-order valence-electron chi connectivity index (χ4n) is 1.40. The Hall–Kier alpha value is -0.830. The molecule has 0 aromatic rings. The molecule has 1 rings (SSSR count). The van der Waals surface area contributed by atoms with Crippen LogP contribution in [0.4, 0.5) is 0 Å². The molecule has 0 spiro atoms. The van der Waals surface area contributed by atoms with Crippen molar-refractivity contribution in [2.75, 3.05) is 13.2 Å². The Balaban J connectivity index is 2.44. The smallest absolute Gasteiger partial charge is 0.330 e. The monoisotopic (exact) mass is 184 g/mol. The van der Waals surface area contributed by atoms with E-state index in [0.29, 0.717) is 6.61 Å². The van der Waals surface area contributed by atoms with Crippen LogP contribution in [0.1, 0.15) is 26.7 Å². The van der Waals surface area contributed by atoms with Gasteiger partial charge in [0.15, 0.2) is 0 Å². The van der Waals surface area contributed by atoms with E-state index in [4.69, 9.17) is 9.47 Å². The van der Waals surface area contributed by atoms with Crippen LogP contribution in [0.15, 0.2) is 11.6 Å². The topological polar surface area (TPSA) is 35.5 Å². The van der Waals surface area contributed by atoms with E-state index in [1.807, 2.05) is 6.92 Å². The summed E-state index contributed by atoms with van der Waals surface area (Å²) in [6, 6.07) is 0. The van der Waals surface area contributed by atoms with Crippen LogP contribution in [-0.2, 0) is 14.3 Å². The van der Waals surface area contributed by atoms with Gasteiger partial charge < -0.3 is 9.47 Å². The average Bonchev–Trinajstić information content (AvgIpc) is 2.55. The maximum Gasteiger partial charge on any atom is 0.330 e. The summed E-state index contributed by atoms with van der Waals surface area (Å²) in [6.07, 6.45) is 3.75. The second-order valence-corrected chi connectivity index (χ2v) is 3.14. The van der Waals surface area contributed by atoms with E-state index in [0.717, 1.165) is 25.0 Å². The number of rotatable bonds is 3. The second-order valence-electron chi connectivity index (χ2n) is 3.14. The molecule has 13 heavy (non-hydrogen) atoms. The highest BCUT2D eigenvalue weighted by atomic mass is 16.5. The van der Waals surface area contributed by atoms with Gasteiger partial charge in [0, 0.05) is 12.7 Å². The van der Waals surface area contributed by atoms with Gasteiger partial charge >= 0.3 is 5.97 Å². The summed E-state index contributed by atoms with van der Waals surface area (Å²) in [5.74, 6) is -0.268. The molecular formula is C10H16O3. The molecule has 1 atom stereocenters. The van der Waals surface area contributed by atoms with Crippen molar-refractivity contribution in [3.05, 3.63) is 11.6 Å². The Kier molecular flexibility index (Phi) is 3.96. The van der Waals surface area contributed by atoms with Crippen LogP contribution >= 0.6 is 0 Å². The normalized spacial score (nSPS) is 23.2. The highest BCUT2D eigenvalue weighted by molar-refractivity contribution is 5.82. The van der Waals surface area contributed by atoms with Gasteiger partial charge in [0.1, 0.15) is 0 Å². The van der Waals surface area contributed by atoms with Gasteiger partial charge in [-0.3, -0.25) is 0 Å². The highest BCUT2D eigenvalue weighted by Gasteiger charge is 2.17. The lowest BCUT2D eigenvalue weighted by molar-refractivity contribution is -0.137. The fraction of sp³-hybridized carbons (Fsp3) is 0.700. The van der Waals surface area contributed by atoms with E-state index >= 15 is 0 Å². The zero-order valence-corrected chi connectivity index (χ0v) is 8.21. The van der Waals surface area contributed by atoms with Crippen LogP contribution in [0, 0.1) is 0 Å². The van der Waals surface area contributed by atoms with Crippen molar-refractivity contribution in [1.82, 2.24) is 0 Å². The summed E-state index contributed by atoms with van der Waals surface area (Å²) in [7, 11) is 0. The lowest BCUT2D eigenvalue weighted by Crippen LogP contribution is -2.09. The van der Waals surface area contributed by atoms with Gasteiger partial charge in [0.25, 0.3) is 0 Å². The minimum absolute atomic E-state index is 0.129. The van der Waals surface area contributed by atoms with Crippen molar-refractivity contribution in [3.63, 3.8) is 0 Å². The molecule has 3 heteroatoms. The van der Waals surface area contributed by atoms with Gasteiger partial charge in [-0.25, -0.2) is 4.79 Å². The number of esters is 1. The number of hydrogen-bond acceptors (Lipinski definition) is 3. The van der Waals surface area contributed by atoms with E-state index in [1.54, 1.807) is 6.92 Å². The molecule has 0 bridgehead atoms. The summed E-state index contributed by atoms with van der Waals surface area (Å²) in [5.41, 5.74) is 0.968. The average molecular weight is 184 g/mol. The third kappa shape index (κ3) is 3.19. The van der Waals surface area contributed by atoms with Gasteiger partial charge in [-0.05, 0) is 32.3 Å². The van der Waals surface area contributed by atoms with Crippen LogP contribution in [-0.4, -0.2) is 25.3 Å². The van der Waals surface area contributed by atoms with E-state index in [-0.39, 0.29) is 12.1 Å². The van der Waals surface area contributed by atoms with Crippen LogP contribution in [0.5, 0.6) is 0 Å². The van der Waals surface area contributed by atoms with Gasteiger partial charge in [-0.1, -0.05) is 0 Å². The maximum atomic E-state index is 11.1. The van der Waals surface area contributed by atoms with Gasteiger partial charge in [0.05, 0.1) is 12.7 Å². The van der Waals surface area contributed by atoms with Crippen molar-refractivity contribution < 1.29 is 14.3 Å². The number of carbonyl (C=O) groups excluding carboxylic acids is 1. The lowest BCUT2D eigenvalue weighted by Gasteiger charge is -2.08. The molecule has 0 saturated carbocycles. The van der Waals surface area contributed by atoms with E-state index in [2.05, 4.69) is 0 Å². The third-order valence-electron chi connectivity index (χ3n) is 2.07. The summed E-state index contributed by atoms with van der Waals surface area (Å²) in [5, 5.41) is 0. The fourth-order valence-corrected chi connectivity index (χ4v) is 1.40. The molecule has 0 aromatic carbocycles. The molecule has 0 aliphatic carbocycles. The van der Waals surface area contributed by atoms with Crippen molar-refractivity contribution in [2.24, 2.45) is 0 Å². The number of hydrogen-bond donors (Lipinski definition) is 0. The molecule has 0 N–H and O–H groups in total. The molecule has 1 heterocycles. The molecule has 1 aliphatic heterocycles. The summed E-state index contributed by atoms with van der Waals surface area (Å²) in [6.45, 7) is 4.94. The Morgan fingerprint density at radius 2 is 2.46 bits per heavy atom. The largest absolute Gasteiger partial charge is 0.463 e. The van der Waals surface area contributed by atoms with Crippen molar-refractivity contribution in [1.29, 1.82) is 0 Å². The first kappa shape index (κ1) is 10.3. The molecule has 0 unspecified atom stereocenters. The van der Waals surface area contributed by atoms with Gasteiger partial charge in [-0.15, -0.1) is 0 Å². The number of carbonyl (C=O) groups is 1. The highest BCUT2D eigenvalue weighted by Crippen LogP contribution is 2.19. The molecule has 0 radical (unpaired) electrons. The Labute approximate surface area is 78.7 Å². The minimum atomic E-state index is -0.268. The summed E-state index contributed by atoms with van der Waals surface area (Å²) < 4.78 is 10.2. The molecule has 1 fully saturated rings. The van der Waals surface area contributed by atoms with Gasteiger partial charge in [0.2, 0.25) is 0 Å². The Bertz CT molecular complexity index is 202. The zero-order valence-electron chi connectivity index (χ0n) is 8.21. The third-order valence-corrected chi connectivity index (χ3v) is 2.07. The molecule has 0 aromatic heterocycles. The van der Waals surface area contributed by atoms with Crippen LogP contribution in [0.3, 0.4) is 0 Å². The second kappa shape index (κ2) is 5.02. The molecule has 3 nitrogen and oxygen atoms in total. The minimum Gasteiger partial charge on any atom is -0.463 e. The lowest BCUT2D eigenvalue weighted by atomic mass is 10.1. The summed E-state index contributed by atoms with van der Waals surface area (Å²) >= 11 is 0. The standard InChI is InChI=1S/C10H16O3/c1-3-12-10(11)7-8(2)9-5-4-6-13-9/h7,9H,3-6H2,1-2H3/b8-7-/t9-/m0/s1. The van der Waals surface area contributed by atoms with Crippen molar-refractivity contribution >= 4 is 5.97 Å².